The Morgan fingerprint density at radius 2 is 1.97 bits per heavy atom. The van der Waals surface area contributed by atoms with E-state index in [1.165, 1.54) is 11.9 Å². The summed E-state index contributed by atoms with van der Waals surface area (Å²) in [6.45, 7) is 2.97. The van der Waals surface area contributed by atoms with Crippen LogP contribution >= 0.6 is 0 Å². The predicted molar refractivity (Wildman–Crippen MR) is 95.2 cm³/mol. The standard InChI is InChI=1S/C16H16F5N5O3S/c1-3-30(28,29)11-5-9(7-27)6-22-13(11)26-8(2)4-10-12(25-26)24-14(23-10)15(17,18)16(19,20)21/h5-8,25H,3-4H2,1-2H3,(H,23,24). The average molecular weight is 453 g/mol. The zero-order valence-electron chi connectivity index (χ0n) is 15.6. The summed E-state index contributed by atoms with van der Waals surface area (Å²) in [6, 6.07) is 0.511. The molecule has 0 spiro atoms. The molecule has 0 aromatic carbocycles. The molecule has 1 atom stereocenters. The Kier molecular flexibility index (Phi) is 5.25. The fourth-order valence-corrected chi connectivity index (χ4v) is 3.94. The molecule has 164 valence electrons. The largest absolute Gasteiger partial charge is 0.461 e. The molecule has 3 heterocycles. The summed E-state index contributed by atoms with van der Waals surface area (Å²) in [6.07, 6.45) is -4.36. The van der Waals surface area contributed by atoms with Crippen LogP contribution < -0.4 is 10.4 Å². The van der Waals surface area contributed by atoms with E-state index in [0.29, 0.717) is 6.29 Å². The smallest absolute Gasteiger partial charge is 0.339 e. The summed E-state index contributed by atoms with van der Waals surface area (Å²) in [5, 5.41) is 1.20. The first-order valence-corrected chi connectivity index (χ1v) is 10.2. The van der Waals surface area contributed by atoms with Gasteiger partial charge in [-0.1, -0.05) is 6.92 Å². The Labute approximate surface area is 167 Å². The molecule has 30 heavy (non-hydrogen) atoms. The van der Waals surface area contributed by atoms with Gasteiger partial charge in [-0.25, -0.2) is 18.4 Å². The highest BCUT2D eigenvalue weighted by Crippen LogP contribution is 2.44. The van der Waals surface area contributed by atoms with Gasteiger partial charge in [0, 0.05) is 18.2 Å². The molecule has 0 amide bonds. The quantitative estimate of drug-likeness (QED) is 0.530. The van der Waals surface area contributed by atoms with Gasteiger partial charge >= 0.3 is 12.1 Å². The van der Waals surface area contributed by atoms with Crippen molar-refractivity contribution in [1.29, 1.82) is 0 Å². The topological polar surface area (TPSA) is 108 Å². The third-order valence-electron chi connectivity index (χ3n) is 4.53. The van der Waals surface area contributed by atoms with E-state index in [0.717, 1.165) is 12.3 Å². The highest BCUT2D eigenvalue weighted by molar-refractivity contribution is 7.91. The second-order valence-corrected chi connectivity index (χ2v) is 8.88. The SMILES string of the molecule is CCS(=O)(=O)c1cc(C=O)cnc1N1Nc2nc(C(F)(F)C(F)(F)F)[nH]c2CC1C. The first kappa shape index (κ1) is 21.9. The predicted octanol–water partition coefficient (Wildman–Crippen LogP) is 2.84. The molecule has 2 aromatic heterocycles. The van der Waals surface area contributed by atoms with E-state index in [9.17, 15) is 35.2 Å². The number of rotatable bonds is 5. The lowest BCUT2D eigenvalue weighted by Crippen LogP contribution is -2.44. The van der Waals surface area contributed by atoms with Crippen LogP contribution in [0.4, 0.5) is 33.6 Å². The highest BCUT2D eigenvalue weighted by Gasteiger charge is 2.61. The van der Waals surface area contributed by atoms with E-state index in [4.69, 9.17) is 0 Å². The van der Waals surface area contributed by atoms with Crippen LogP contribution in [0.3, 0.4) is 0 Å². The number of alkyl halides is 5. The summed E-state index contributed by atoms with van der Waals surface area (Å²) in [7, 11) is -3.85. The van der Waals surface area contributed by atoms with Gasteiger partial charge in [0.05, 0.1) is 17.5 Å². The number of nitrogens with zero attached hydrogens (tertiary/aromatic N) is 3. The molecule has 8 nitrogen and oxygen atoms in total. The molecule has 2 aromatic rings. The van der Waals surface area contributed by atoms with Crippen molar-refractivity contribution < 1.29 is 35.2 Å². The lowest BCUT2D eigenvalue weighted by atomic mass is 10.1. The molecular formula is C16H16F5N5O3S. The van der Waals surface area contributed by atoms with Crippen molar-refractivity contribution in [2.24, 2.45) is 0 Å². The molecule has 14 heteroatoms. The minimum atomic E-state index is -5.84. The molecule has 0 saturated heterocycles. The zero-order chi connectivity index (χ0) is 22.5. The molecular weight excluding hydrogens is 437 g/mol. The Bertz CT molecular complexity index is 1080. The molecule has 0 bridgehead atoms. The van der Waals surface area contributed by atoms with Crippen LogP contribution in [0.25, 0.3) is 0 Å². The minimum Gasteiger partial charge on any atom is -0.339 e. The van der Waals surface area contributed by atoms with Crippen molar-refractivity contribution in [3.05, 3.63) is 29.3 Å². The number of anilines is 2. The van der Waals surface area contributed by atoms with Gasteiger partial charge in [-0.15, -0.1) is 0 Å². The van der Waals surface area contributed by atoms with Gasteiger partial charge < -0.3 is 4.98 Å². The summed E-state index contributed by atoms with van der Waals surface area (Å²) in [5.41, 5.74) is 2.56. The number of H-pyrrole nitrogens is 1. The number of pyridine rings is 1. The second kappa shape index (κ2) is 7.18. The second-order valence-electron chi connectivity index (χ2n) is 6.63. The molecule has 0 fully saturated rings. The number of hydrogen-bond donors (Lipinski definition) is 2. The number of carbonyl (C=O) groups is 1. The van der Waals surface area contributed by atoms with E-state index in [1.54, 1.807) is 6.92 Å². The first-order valence-electron chi connectivity index (χ1n) is 8.59. The minimum absolute atomic E-state index is 0.00193. The third kappa shape index (κ3) is 3.59. The van der Waals surface area contributed by atoms with Crippen molar-refractivity contribution >= 4 is 27.8 Å². The van der Waals surface area contributed by atoms with Crippen molar-refractivity contribution in [3.8, 4) is 0 Å². The molecule has 1 aliphatic rings. The van der Waals surface area contributed by atoms with Crippen molar-refractivity contribution in [2.45, 2.75) is 43.3 Å². The fraction of sp³-hybridized carbons (Fsp3) is 0.438. The number of hydrogen-bond acceptors (Lipinski definition) is 7. The number of sulfone groups is 1. The maximum atomic E-state index is 13.6. The van der Waals surface area contributed by atoms with Gasteiger partial charge in [0.15, 0.2) is 33.6 Å². The maximum absolute atomic E-state index is 13.6. The third-order valence-corrected chi connectivity index (χ3v) is 6.26. The number of aldehydes is 1. The normalized spacial score (nSPS) is 17.4. The zero-order valence-corrected chi connectivity index (χ0v) is 16.4. The van der Waals surface area contributed by atoms with Crippen LogP contribution in [-0.4, -0.2) is 47.6 Å². The number of fused-ring (bicyclic) bond motifs is 1. The van der Waals surface area contributed by atoms with Crippen LogP contribution in [-0.2, 0) is 22.2 Å². The van der Waals surface area contributed by atoms with E-state index < -0.39 is 33.8 Å². The van der Waals surface area contributed by atoms with Gasteiger partial charge in [0.25, 0.3) is 0 Å². The lowest BCUT2D eigenvalue weighted by Gasteiger charge is -2.35. The van der Waals surface area contributed by atoms with Crippen molar-refractivity contribution in [1.82, 2.24) is 15.0 Å². The van der Waals surface area contributed by atoms with E-state index in [-0.39, 0.29) is 40.0 Å². The molecule has 0 aliphatic carbocycles. The van der Waals surface area contributed by atoms with E-state index >= 15 is 0 Å². The molecule has 1 unspecified atom stereocenters. The maximum Gasteiger partial charge on any atom is 0.461 e. The van der Waals surface area contributed by atoms with Gasteiger partial charge in [0.2, 0.25) is 0 Å². The molecule has 2 N–H and O–H groups in total. The Balaban J connectivity index is 2.06. The van der Waals surface area contributed by atoms with Crippen LogP contribution in [0, 0.1) is 0 Å². The number of carbonyl (C=O) groups excluding carboxylic acids is 1. The number of aromatic nitrogens is 3. The van der Waals surface area contributed by atoms with Crippen molar-refractivity contribution in [2.75, 3.05) is 16.2 Å². The monoisotopic (exact) mass is 453 g/mol. The van der Waals surface area contributed by atoms with Crippen LogP contribution in [0.5, 0.6) is 0 Å². The summed E-state index contributed by atoms with van der Waals surface area (Å²) >= 11 is 0. The van der Waals surface area contributed by atoms with Gasteiger partial charge in [-0.05, 0) is 13.0 Å². The van der Waals surface area contributed by atoms with E-state index in [2.05, 4.69) is 15.4 Å². The van der Waals surface area contributed by atoms with Crippen LogP contribution in [0.2, 0.25) is 0 Å². The number of halogens is 5. The molecule has 0 saturated carbocycles. The Hall–Kier alpha value is -2.77. The van der Waals surface area contributed by atoms with Gasteiger partial charge in [0.1, 0.15) is 4.90 Å². The lowest BCUT2D eigenvalue weighted by molar-refractivity contribution is -0.292. The van der Waals surface area contributed by atoms with Gasteiger partial charge in [-0.3, -0.25) is 15.2 Å². The average Bonchev–Trinajstić information content (AvgIpc) is 3.09. The summed E-state index contributed by atoms with van der Waals surface area (Å²) < 4.78 is 90.2. The van der Waals surface area contributed by atoms with Crippen LogP contribution in [0.1, 0.15) is 35.7 Å². The molecule has 3 rings (SSSR count). The Morgan fingerprint density at radius 3 is 2.53 bits per heavy atom. The fourth-order valence-electron chi connectivity index (χ4n) is 2.89. The Morgan fingerprint density at radius 1 is 1.30 bits per heavy atom. The summed E-state index contributed by atoms with van der Waals surface area (Å²) in [4.78, 5) is 20.1. The summed E-state index contributed by atoms with van der Waals surface area (Å²) in [5.74, 6) is -7.52. The number of nitrogens with one attached hydrogen (secondary N) is 2. The van der Waals surface area contributed by atoms with Crippen molar-refractivity contribution in [3.63, 3.8) is 0 Å². The number of hydrazine groups is 1. The van der Waals surface area contributed by atoms with Gasteiger partial charge in [-0.2, -0.15) is 22.0 Å². The highest BCUT2D eigenvalue weighted by atomic mass is 32.2. The molecule has 0 radical (unpaired) electrons. The number of aromatic amines is 1. The molecule has 1 aliphatic heterocycles. The first-order chi connectivity index (χ1) is 13.8. The number of imidazole rings is 1. The van der Waals surface area contributed by atoms with E-state index in [1.807, 2.05) is 4.98 Å². The van der Waals surface area contributed by atoms with Crippen LogP contribution in [0.15, 0.2) is 17.2 Å².